The SMILES string of the molecule is CCCCCC[C@@H](O)C/C=C\CCCCCCCC(=O)N[C@H](C)c1ccccc1. The maximum absolute atomic E-state index is 12.0. The molecule has 0 aromatic heterocycles. The molecule has 0 aliphatic carbocycles. The van der Waals surface area contributed by atoms with Crippen molar-refractivity contribution < 1.29 is 9.90 Å². The topological polar surface area (TPSA) is 49.3 Å². The summed E-state index contributed by atoms with van der Waals surface area (Å²) in [5, 5.41) is 13.0. The van der Waals surface area contributed by atoms with Crippen molar-refractivity contribution in [3.05, 3.63) is 48.0 Å². The van der Waals surface area contributed by atoms with Gasteiger partial charge in [0.2, 0.25) is 5.91 Å². The molecule has 29 heavy (non-hydrogen) atoms. The molecule has 2 atom stereocenters. The van der Waals surface area contributed by atoms with Gasteiger partial charge in [-0.2, -0.15) is 0 Å². The Morgan fingerprint density at radius 2 is 1.66 bits per heavy atom. The molecule has 1 amide bonds. The molecule has 1 aromatic rings. The number of unbranched alkanes of at least 4 members (excludes halogenated alkanes) is 8. The molecule has 0 unspecified atom stereocenters. The molecular formula is C26H43NO2. The van der Waals surface area contributed by atoms with E-state index in [9.17, 15) is 9.90 Å². The fraction of sp³-hybridized carbons (Fsp3) is 0.654. The summed E-state index contributed by atoms with van der Waals surface area (Å²) in [6, 6.07) is 10.2. The van der Waals surface area contributed by atoms with Gasteiger partial charge in [0.25, 0.3) is 0 Å². The van der Waals surface area contributed by atoms with Crippen molar-refractivity contribution in [1.29, 1.82) is 0 Å². The standard InChI is InChI=1S/C26H43NO2/c1-3-4-5-15-20-25(28)21-16-10-8-6-7-9-11-17-22-26(29)27-23(2)24-18-13-12-14-19-24/h10,12-14,16,18-19,23,25,28H,3-9,11,15,17,20-22H2,1-2H3,(H,27,29)/b16-10-/t23-,25-/m1/s1. The van der Waals surface area contributed by atoms with Gasteiger partial charge in [0.1, 0.15) is 0 Å². The monoisotopic (exact) mass is 401 g/mol. The van der Waals surface area contributed by atoms with Gasteiger partial charge < -0.3 is 10.4 Å². The number of nitrogens with one attached hydrogen (secondary N) is 1. The van der Waals surface area contributed by atoms with Crippen LogP contribution in [-0.4, -0.2) is 17.1 Å². The van der Waals surface area contributed by atoms with Gasteiger partial charge >= 0.3 is 0 Å². The Morgan fingerprint density at radius 3 is 2.41 bits per heavy atom. The van der Waals surface area contributed by atoms with Gasteiger partial charge in [0, 0.05) is 6.42 Å². The lowest BCUT2D eigenvalue weighted by molar-refractivity contribution is -0.121. The molecule has 3 heteroatoms. The van der Waals surface area contributed by atoms with Crippen LogP contribution in [0.2, 0.25) is 0 Å². The van der Waals surface area contributed by atoms with Gasteiger partial charge in [0.05, 0.1) is 12.1 Å². The molecule has 0 saturated carbocycles. The Bertz CT molecular complexity index is 541. The average Bonchev–Trinajstić information content (AvgIpc) is 2.73. The van der Waals surface area contributed by atoms with Crippen LogP contribution in [0.1, 0.15) is 109 Å². The number of allylic oxidation sites excluding steroid dienone is 1. The lowest BCUT2D eigenvalue weighted by atomic mass is 10.1. The van der Waals surface area contributed by atoms with E-state index < -0.39 is 0 Å². The largest absolute Gasteiger partial charge is 0.393 e. The number of carbonyl (C=O) groups excluding carboxylic acids is 1. The third kappa shape index (κ3) is 14.1. The van der Waals surface area contributed by atoms with Crippen LogP contribution in [0.25, 0.3) is 0 Å². The van der Waals surface area contributed by atoms with E-state index in [1.54, 1.807) is 0 Å². The van der Waals surface area contributed by atoms with Gasteiger partial charge in [-0.15, -0.1) is 0 Å². The van der Waals surface area contributed by atoms with Crippen molar-refractivity contribution in [2.45, 2.75) is 109 Å². The van der Waals surface area contributed by atoms with Gasteiger partial charge in [0.15, 0.2) is 0 Å². The van der Waals surface area contributed by atoms with Gasteiger partial charge in [-0.25, -0.2) is 0 Å². The highest BCUT2D eigenvalue weighted by atomic mass is 16.3. The number of amides is 1. The lowest BCUT2D eigenvalue weighted by Gasteiger charge is -2.14. The number of rotatable bonds is 17. The molecule has 1 rings (SSSR count). The van der Waals surface area contributed by atoms with Gasteiger partial charge in [-0.05, 0) is 44.6 Å². The first-order valence-electron chi connectivity index (χ1n) is 11.8. The van der Waals surface area contributed by atoms with E-state index >= 15 is 0 Å². The Labute approximate surface area is 179 Å². The van der Waals surface area contributed by atoms with Crippen LogP contribution in [0.5, 0.6) is 0 Å². The molecule has 3 nitrogen and oxygen atoms in total. The van der Waals surface area contributed by atoms with E-state index in [1.165, 1.54) is 38.5 Å². The van der Waals surface area contributed by atoms with Crippen LogP contribution in [0.15, 0.2) is 42.5 Å². The number of aliphatic hydroxyl groups excluding tert-OH is 1. The summed E-state index contributed by atoms with van der Waals surface area (Å²) in [4.78, 5) is 12.0. The predicted molar refractivity (Wildman–Crippen MR) is 124 cm³/mol. The van der Waals surface area contributed by atoms with Crippen molar-refractivity contribution >= 4 is 5.91 Å². The fourth-order valence-corrected chi connectivity index (χ4v) is 3.51. The Hall–Kier alpha value is -1.61. The fourth-order valence-electron chi connectivity index (χ4n) is 3.51. The smallest absolute Gasteiger partial charge is 0.220 e. The molecule has 0 aliphatic heterocycles. The molecule has 0 radical (unpaired) electrons. The summed E-state index contributed by atoms with van der Waals surface area (Å²) < 4.78 is 0. The van der Waals surface area contributed by atoms with E-state index in [1.807, 2.05) is 37.3 Å². The Balaban J connectivity index is 1.93. The summed E-state index contributed by atoms with van der Waals surface area (Å²) in [5.74, 6) is 0.150. The molecule has 0 saturated heterocycles. The van der Waals surface area contributed by atoms with E-state index in [0.717, 1.165) is 44.1 Å². The minimum Gasteiger partial charge on any atom is -0.393 e. The van der Waals surface area contributed by atoms with Crippen LogP contribution in [0.3, 0.4) is 0 Å². The van der Waals surface area contributed by atoms with Crippen molar-refractivity contribution in [2.24, 2.45) is 0 Å². The Morgan fingerprint density at radius 1 is 0.966 bits per heavy atom. The van der Waals surface area contributed by atoms with Crippen LogP contribution in [0.4, 0.5) is 0 Å². The van der Waals surface area contributed by atoms with Crippen LogP contribution in [-0.2, 0) is 4.79 Å². The molecule has 164 valence electrons. The second-order valence-electron chi connectivity index (χ2n) is 8.22. The first-order chi connectivity index (χ1) is 14.1. The van der Waals surface area contributed by atoms with Crippen LogP contribution in [0, 0.1) is 0 Å². The third-order valence-electron chi connectivity index (χ3n) is 5.42. The van der Waals surface area contributed by atoms with E-state index in [0.29, 0.717) is 6.42 Å². The molecule has 0 bridgehead atoms. The first kappa shape index (κ1) is 25.4. The zero-order valence-corrected chi connectivity index (χ0v) is 18.7. The minimum absolute atomic E-state index is 0.0744. The van der Waals surface area contributed by atoms with Crippen molar-refractivity contribution in [3.8, 4) is 0 Å². The highest BCUT2D eigenvalue weighted by Gasteiger charge is 2.08. The van der Waals surface area contributed by atoms with Crippen LogP contribution >= 0.6 is 0 Å². The number of hydrogen-bond donors (Lipinski definition) is 2. The second-order valence-corrected chi connectivity index (χ2v) is 8.22. The van der Waals surface area contributed by atoms with Gasteiger partial charge in [-0.1, -0.05) is 94.4 Å². The zero-order chi connectivity index (χ0) is 21.2. The predicted octanol–water partition coefficient (Wildman–Crippen LogP) is 6.87. The maximum Gasteiger partial charge on any atom is 0.220 e. The maximum atomic E-state index is 12.0. The normalized spacial score (nSPS) is 13.5. The van der Waals surface area contributed by atoms with E-state index in [4.69, 9.17) is 0 Å². The van der Waals surface area contributed by atoms with Crippen molar-refractivity contribution in [1.82, 2.24) is 5.32 Å². The highest BCUT2D eigenvalue weighted by molar-refractivity contribution is 5.76. The molecule has 0 spiro atoms. The summed E-state index contributed by atoms with van der Waals surface area (Å²) >= 11 is 0. The number of hydrogen-bond acceptors (Lipinski definition) is 2. The summed E-state index contributed by atoms with van der Waals surface area (Å²) in [7, 11) is 0. The second kappa shape index (κ2) is 17.3. The number of aliphatic hydroxyl groups is 1. The van der Waals surface area contributed by atoms with E-state index in [-0.39, 0.29) is 18.1 Å². The first-order valence-corrected chi connectivity index (χ1v) is 11.8. The summed E-state index contributed by atoms with van der Waals surface area (Å²) in [5.41, 5.74) is 1.15. The highest BCUT2D eigenvalue weighted by Crippen LogP contribution is 2.13. The van der Waals surface area contributed by atoms with Gasteiger partial charge in [-0.3, -0.25) is 4.79 Å². The number of carbonyl (C=O) groups is 1. The van der Waals surface area contributed by atoms with Crippen LogP contribution < -0.4 is 5.32 Å². The quantitative estimate of drug-likeness (QED) is 0.221. The number of benzene rings is 1. The molecule has 0 aliphatic rings. The van der Waals surface area contributed by atoms with Crippen molar-refractivity contribution in [2.75, 3.05) is 0 Å². The molecular weight excluding hydrogens is 358 g/mol. The minimum atomic E-state index is -0.168. The third-order valence-corrected chi connectivity index (χ3v) is 5.42. The zero-order valence-electron chi connectivity index (χ0n) is 18.7. The molecule has 1 aromatic carbocycles. The average molecular weight is 402 g/mol. The van der Waals surface area contributed by atoms with Crippen molar-refractivity contribution in [3.63, 3.8) is 0 Å². The Kier molecular flexibility index (Phi) is 15.1. The molecule has 2 N–H and O–H groups in total. The summed E-state index contributed by atoms with van der Waals surface area (Å²) in [6.45, 7) is 4.25. The van der Waals surface area contributed by atoms with E-state index in [2.05, 4.69) is 24.4 Å². The molecule has 0 fully saturated rings. The lowest BCUT2D eigenvalue weighted by Crippen LogP contribution is -2.26. The summed E-state index contributed by atoms with van der Waals surface area (Å²) in [6.07, 6.45) is 18.2. The molecule has 0 heterocycles.